The van der Waals surface area contributed by atoms with E-state index in [9.17, 15) is 0 Å². The summed E-state index contributed by atoms with van der Waals surface area (Å²) in [5.41, 5.74) is 1.33. The smallest absolute Gasteiger partial charge is 0.152 e. The lowest BCUT2D eigenvalue weighted by Gasteiger charge is -2.27. The number of anilines is 1. The van der Waals surface area contributed by atoms with Crippen molar-refractivity contribution in [1.82, 2.24) is 14.6 Å². The number of fused-ring (bicyclic) bond motifs is 1. The van der Waals surface area contributed by atoms with Gasteiger partial charge in [-0.2, -0.15) is 5.10 Å². The first kappa shape index (κ1) is 11.9. The fraction of sp³-hybridized carbons (Fsp3) is 0.538. The van der Waals surface area contributed by atoms with E-state index in [-0.39, 0.29) is 0 Å². The summed E-state index contributed by atoms with van der Waals surface area (Å²) >= 11 is 0. The quantitative estimate of drug-likeness (QED) is 0.884. The Morgan fingerprint density at radius 1 is 1.35 bits per heavy atom. The molecule has 2 heterocycles. The van der Waals surface area contributed by atoms with Crippen LogP contribution in [-0.4, -0.2) is 21.1 Å². The van der Waals surface area contributed by atoms with Crippen LogP contribution in [-0.2, 0) is 0 Å². The molecule has 1 atom stereocenters. The van der Waals surface area contributed by atoms with Gasteiger partial charge < -0.3 is 5.32 Å². The molecule has 0 aromatic carbocycles. The number of hydrogen-bond donors (Lipinski definition) is 1. The molecule has 0 saturated carbocycles. The number of nitrogens with one attached hydrogen (secondary N) is 1. The van der Waals surface area contributed by atoms with E-state index in [1.807, 2.05) is 16.8 Å². The van der Waals surface area contributed by atoms with Gasteiger partial charge in [-0.05, 0) is 17.4 Å². The standard InChI is InChI=1S/C13H20N4/c1-10(13(2,3)4)9-15-12-11-5-6-16-17(11)8-7-14-12/h5-8,10H,9H2,1-4H3,(H,14,15). The predicted octanol–water partition coefficient (Wildman–Crippen LogP) is 2.82. The highest BCUT2D eigenvalue weighted by Gasteiger charge is 2.19. The maximum absolute atomic E-state index is 4.36. The van der Waals surface area contributed by atoms with Crippen LogP contribution >= 0.6 is 0 Å². The Morgan fingerprint density at radius 2 is 2.12 bits per heavy atom. The Morgan fingerprint density at radius 3 is 2.82 bits per heavy atom. The third-order valence-corrected chi connectivity index (χ3v) is 3.38. The molecule has 17 heavy (non-hydrogen) atoms. The molecule has 4 heteroatoms. The van der Waals surface area contributed by atoms with Gasteiger partial charge in [0.15, 0.2) is 5.82 Å². The SMILES string of the molecule is CC(CNc1nccn2nccc12)C(C)(C)C. The van der Waals surface area contributed by atoms with Crippen molar-refractivity contribution in [3.8, 4) is 0 Å². The Bertz CT molecular complexity index is 495. The molecule has 4 nitrogen and oxygen atoms in total. The van der Waals surface area contributed by atoms with Crippen molar-refractivity contribution < 1.29 is 0 Å². The molecular weight excluding hydrogens is 212 g/mol. The molecule has 0 aliphatic carbocycles. The van der Waals surface area contributed by atoms with E-state index in [1.54, 1.807) is 12.4 Å². The van der Waals surface area contributed by atoms with Gasteiger partial charge in [0, 0.05) is 18.9 Å². The fourth-order valence-electron chi connectivity index (χ4n) is 1.55. The van der Waals surface area contributed by atoms with Gasteiger partial charge in [-0.25, -0.2) is 9.50 Å². The van der Waals surface area contributed by atoms with Crippen LogP contribution in [0.15, 0.2) is 24.7 Å². The minimum atomic E-state index is 0.304. The first-order chi connectivity index (χ1) is 7.98. The number of rotatable bonds is 3. The molecule has 1 N–H and O–H groups in total. The van der Waals surface area contributed by atoms with Crippen LogP contribution in [0.5, 0.6) is 0 Å². The second-order valence-corrected chi connectivity index (χ2v) is 5.58. The lowest BCUT2D eigenvalue weighted by molar-refractivity contribution is 0.274. The second-order valence-electron chi connectivity index (χ2n) is 5.58. The average molecular weight is 232 g/mol. The summed E-state index contributed by atoms with van der Waals surface area (Å²) in [7, 11) is 0. The highest BCUT2D eigenvalue weighted by Crippen LogP contribution is 2.25. The Labute approximate surface area is 102 Å². The summed E-state index contributed by atoms with van der Waals surface area (Å²) in [6.07, 6.45) is 5.41. The highest BCUT2D eigenvalue weighted by atomic mass is 15.2. The third kappa shape index (κ3) is 2.57. The Hall–Kier alpha value is -1.58. The van der Waals surface area contributed by atoms with Crippen LogP contribution in [0.3, 0.4) is 0 Å². The van der Waals surface area contributed by atoms with Crippen molar-refractivity contribution in [2.75, 3.05) is 11.9 Å². The molecule has 0 aliphatic rings. The summed E-state index contributed by atoms with van der Waals surface area (Å²) in [6.45, 7) is 9.94. The normalized spacial score (nSPS) is 13.9. The molecule has 0 fully saturated rings. The molecule has 0 saturated heterocycles. The van der Waals surface area contributed by atoms with Crippen molar-refractivity contribution in [1.29, 1.82) is 0 Å². The van der Waals surface area contributed by atoms with E-state index in [4.69, 9.17) is 0 Å². The van der Waals surface area contributed by atoms with Gasteiger partial charge in [-0.3, -0.25) is 0 Å². The van der Waals surface area contributed by atoms with Crippen molar-refractivity contribution in [2.45, 2.75) is 27.7 Å². The lowest BCUT2D eigenvalue weighted by atomic mass is 9.82. The highest BCUT2D eigenvalue weighted by molar-refractivity contribution is 5.66. The molecule has 2 rings (SSSR count). The van der Waals surface area contributed by atoms with Crippen molar-refractivity contribution in [3.05, 3.63) is 24.7 Å². The van der Waals surface area contributed by atoms with Crippen LogP contribution in [0.25, 0.3) is 5.52 Å². The summed E-state index contributed by atoms with van der Waals surface area (Å²) in [5.74, 6) is 1.48. The van der Waals surface area contributed by atoms with Gasteiger partial charge in [0.1, 0.15) is 5.52 Å². The summed E-state index contributed by atoms with van der Waals surface area (Å²) in [4.78, 5) is 4.36. The zero-order valence-corrected chi connectivity index (χ0v) is 10.9. The maximum atomic E-state index is 4.36. The zero-order valence-electron chi connectivity index (χ0n) is 10.9. The van der Waals surface area contributed by atoms with E-state index in [0.717, 1.165) is 17.9 Å². The topological polar surface area (TPSA) is 42.2 Å². The fourth-order valence-corrected chi connectivity index (χ4v) is 1.55. The Kier molecular flexibility index (Phi) is 3.05. The van der Waals surface area contributed by atoms with Crippen LogP contribution in [0.4, 0.5) is 5.82 Å². The largest absolute Gasteiger partial charge is 0.368 e. The van der Waals surface area contributed by atoms with Crippen LogP contribution in [0, 0.1) is 11.3 Å². The minimum absolute atomic E-state index is 0.304. The zero-order chi connectivity index (χ0) is 12.5. The molecule has 0 spiro atoms. The number of hydrogen-bond acceptors (Lipinski definition) is 3. The summed E-state index contributed by atoms with van der Waals surface area (Å²) in [6, 6.07) is 1.97. The molecule has 2 aromatic heterocycles. The van der Waals surface area contributed by atoms with Crippen molar-refractivity contribution >= 4 is 11.3 Å². The molecule has 0 radical (unpaired) electrons. The van der Waals surface area contributed by atoms with Crippen LogP contribution in [0.1, 0.15) is 27.7 Å². The Balaban J connectivity index is 2.12. The summed E-state index contributed by atoms with van der Waals surface area (Å²) < 4.78 is 1.83. The second kappa shape index (κ2) is 4.35. The molecular formula is C13H20N4. The van der Waals surface area contributed by atoms with Gasteiger partial charge in [0.25, 0.3) is 0 Å². The van der Waals surface area contributed by atoms with Crippen molar-refractivity contribution in [2.24, 2.45) is 11.3 Å². The predicted molar refractivity (Wildman–Crippen MR) is 70.1 cm³/mol. The first-order valence-electron chi connectivity index (χ1n) is 6.00. The molecule has 0 amide bonds. The molecule has 0 aliphatic heterocycles. The van der Waals surface area contributed by atoms with Gasteiger partial charge in [0.2, 0.25) is 0 Å². The third-order valence-electron chi connectivity index (χ3n) is 3.38. The van der Waals surface area contributed by atoms with Gasteiger partial charge in [-0.1, -0.05) is 27.7 Å². The monoisotopic (exact) mass is 232 g/mol. The first-order valence-corrected chi connectivity index (χ1v) is 6.00. The molecule has 92 valence electrons. The van der Waals surface area contributed by atoms with E-state index >= 15 is 0 Å². The molecule has 1 unspecified atom stereocenters. The van der Waals surface area contributed by atoms with Gasteiger partial charge in [0.05, 0.1) is 6.20 Å². The van der Waals surface area contributed by atoms with Crippen LogP contribution in [0.2, 0.25) is 0 Å². The number of nitrogens with zero attached hydrogens (tertiary/aromatic N) is 3. The van der Waals surface area contributed by atoms with Gasteiger partial charge >= 0.3 is 0 Å². The van der Waals surface area contributed by atoms with E-state index in [2.05, 4.69) is 43.1 Å². The molecule has 2 aromatic rings. The van der Waals surface area contributed by atoms with Crippen LogP contribution < -0.4 is 5.32 Å². The van der Waals surface area contributed by atoms with E-state index in [1.165, 1.54) is 0 Å². The van der Waals surface area contributed by atoms with E-state index < -0.39 is 0 Å². The molecule has 0 bridgehead atoms. The average Bonchev–Trinajstić information content (AvgIpc) is 2.72. The van der Waals surface area contributed by atoms with Crippen molar-refractivity contribution in [3.63, 3.8) is 0 Å². The van der Waals surface area contributed by atoms with E-state index in [0.29, 0.717) is 11.3 Å². The number of aromatic nitrogens is 3. The minimum Gasteiger partial charge on any atom is -0.368 e. The van der Waals surface area contributed by atoms with Gasteiger partial charge in [-0.15, -0.1) is 0 Å². The lowest BCUT2D eigenvalue weighted by Crippen LogP contribution is -2.25. The summed E-state index contributed by atoms with van der Waals surface area (Å²) in [5, 5.41) is 7.60. The maximum Gasteiger partial charge on any atom is 0.152 e.